The number of hydrogen-bond donors (Lipinski definition) is 0. The molecular weight excluding hydrogens is 392 g/mol. The van der Waals surface area contributed by atoms with Crippen molar-refractivity contribution in [2.75, 3.05) is 6.61 Å². The van der Waals surface area contributed by atoms with Crippen LogP contribution in [0.15, 0.2) is 78.9 Å². The fourth-order valence-corrected chi connectivity index (χ4v) is 4.16. The maximum atomic E-state index is 5.99. The summed E-state index contributed by atoms with van der Waals surface area (Å²) in [5.41, 5.74) is 5.07. The van der Waals surface area contributed by atoms with E-state index >= 15 is 0 Å². The van der Waals surface area contributed by atoms with Crippen molar-refractivity contribution in [3.05, 3.63) is 95.8 Å². The molecule has 32 heavy (non-hydrogen) atoms. The first-order chi connectivity index (χ1) is 15.7. The number of hydrogen-bond acceptors (Lipinski definition) is 2. The van der Waals surface area contributed by atoms with Gasteiger partial charge in [-0.1, -0.05) is 68.4 Å². The summed E-state index contributed by atoms with van der Waals surface area (Å²) in [4.78, 5) is 4.94. The number of benzene rings is 3. The number of aryl methyl sites for hydroxylation is 3. The van der Waals surface area contributed by atoms with E-state index in [4.69, 9.17) is 9.72 Å². The van der Waals surface area contributed by atoms with Crippen molar-refractivity contribution in [2.45, 2.75) is 58.4 Å². The first-order valence-electron chi connectivity index (χ1n) is 12.0. The molecule has 0 saturated heterocycles. The average Bonchev–Trinajstić information content (AvgIpc) is 3.20. The van der Waals surface area contributed by atoms with Gasteiger partial charge in [0.15, 0.2) is 0 Å². The fraction of sp³-hybridized carbons (Fsp3) is 0.345. The minimum absolute atomic E-state index is 0.602. The van der Waals surface area contributed by atoms with E-state index in [0.29, 0.717) is 5.92 Å². The molecule has 4 rings (SSSR count). The van der Waals surface area contributed by atoms with Crippen molar-refractivity contribution in [3.8, 4) is 5.75 Å². The monoisotopic (exact) mass is 426 g/mol. The maximum Gasteiger partial charge on any atom is 0.119 e. The van der Waals surface area contributed by atoms with Gasteiger partial charge in [-0.15, -0.1) is 0 Å². The maximum absolute atomic E-state index is 5.99. The Labute approximate surface area is 192 Å². The quantitative estimate of drug-likeness (QED) is 0.237. The molecular formula is C29H34N2O. The fourth-order valence-electron chi connectivity index (χ4n) is 4.16. The lowest BCUT2D eigenvalue weighted by Gasteiger charge is -2.12. The van der Waals surface area contributed by atoms with Crippen molar-refractivity contribution < 1.29 is 4.74 Å². The molecule has 0 saturated carbocycles. The van der Waals surface area contributed by atoms with Crippen LogP contribution in [-0.4, -0.2) is 16.2 Å². The number of rotatable bonds is 11. The van der Waals surface area contributed by atoms with Crippen LogP contribution < -0.4 is 4.74 Å². The van der Waals surface area contributed by atoms with Crippen LogP contribution in [0.25, 0.3) is 11.0 Å². The van der Waals surface area contributed by atoms with Gasteiger partial charge in [0, 0.05) is 13.0 Å². The Morgan fingerprint density at radius 1 is 0.844 bits per heavy atom. The normalized spacial score (nSPS) is 12.2. The van der Waals surface area contributed by atoms with Gasteiger partial charge in [0.1, 0.15) is 11.6 Å². The summed E-state index contributed by atoms with van der Waals surface area (Å²) in [5.74, 6) is 2.75. The molecule has 0 aliphatic heterocycles. The number of para-hydroxylation sites is 2. The van der Waals surface area contributed by atoms with Crippen LogP contribution in [0.4, 0.5) is 0 Å². The highest BCUT2D eigenvalue weighted by atomic mass is 16.5. The van der Waals surface area contributed by atoms with E-state index in [1.54, 1.807) is 0 Å². The van der Waals surface area contributed by atoms with E-state index in [1.807, 2.05) is 0 Å². The second-order valence-electron chi connectivity index (χ2n) is 8.59. The molecule has 4 aromatic rings. The first kappa shape index (κ1) is 22.1. The second kappa shape index (κ2) is 11.0. The Bertz CT molecular complexity index is 1100. The number of imidazole rings is 1. The summed E-state index contributed by atoms with van der Waals surface area (Å²) in [5, 5.41) is 0. The SMILES string of the molecule is CCC(C)c1ccc(OCCCCn2c(CCc3ccccc3)nc3ccccc32)cc1. The minimum Gasteiger partial charge on any atom is -0.494 e. The molecule has 3 heteroatoms. The molecule has 0 radical (unpaired) electrons. The van der Waals surface area contributed by atoms with Gasteiger partial charge in [0.05, 0.1) is 17.6 Å². The van der Waals surface area contributed by atoms with Crippen LogP contribution in [-0.2, 0) is 19.4 Å². The standard InChI is InChI=1S/C29H34N2O/c1-3-23(2)25-16-18-26(19-17-25)32-22-10-9-21-31-28-14-8-7-13-27(28)30-29(31)20-15-24-11-5-4-6-12-24/h4-8,11-14,16-19,23H,3,9-10,15,20-22H2,1-2H3. The lowest BCUT2D eigenvalue weighted by Crippen LogP contribution is -2.07. The minimum atomic E-state index is 0.602. The van der Waals surface area contributed by atoms with Gasteiger partial charge in [-0.05, 0) is 67.0 Å². The molecule has 0 bridgehead atoms. The number of unbranched alkanes of at least 4 members (excludes halogenated alkanes) is 1. The molecule has 0 aliphatic carbocycles. The Morgan fingerprint density at radius 2 is 1.59 bits per heavy atom. The van der Waals surface area contributed by atoms with E-state index in [2.05, 4.69) is 97.3 Å². The molecule has 3 aromatic carbocycles. The van der Waals surface area contributed by atoms with Crippen molar-refractivity contribution in [3.63, 3.8) is 0 Å². The van der Waals surface area contributed by atoms with Crippen molar-refractivity contribution in [1.29, 1.82) is 0 Å². The number of fused-ring (bicyclic) bond motifs is 1. The molecule has 1 atom stereocenters. The van der Waals surface area contributed by atoms with E-state index in [1.165, 1.54) is 22.5 Å². The van der Waals surface area contributed by atoms with E-state index in [-0.39, 0.29) is 0 Å². The van der Waals surface area contributed by atoms with Gasteiger partial charge in [0.2, 0.25) is 0 Å². The molecule has 0 N–H and O–H groups in total. The van der Waals surface area contributed by atoms with Crippen LogP contribution in [0, 0.1) is 0 Å². The summed E-state index contributed by atoms with van der Waals surface area (Å²) < 4.78 is 8.39. The Morgan fingerprint density at radius 3 is 2.38 bits per heavy atom. The molecule has 0 fully saturated rings. The third kappa shape index (κ3) is 5.59. The number of ether oxygens (including phenoxy) is 1. The topological polar surface area (TPSA) is 27.1 Å². The summed E-state index contributed by atoms with van der Waals surface area (Å²) >= 11 is 0. The zero-order chi connectivity index (χ0) is 22.2. The Hall–Kier alpha value is -3.07. The third-order valence-corrected chi connectivity index (χ3v) is 6.32. The molecule has 1 unspecified atom stereocenters. The highest BCUT2D eigenvalue weighted by molar-refractivity contribution is 5.75. The van der Waals surface area contributed by atoms with Crippen molar-refractivity contribution in [1.82, 2.24) is 9.55 Å². The van der Waals surface area contributed by atoms with Crippen molar-refractivity contribution >= 4 is 11.0 Å². The summed E-state index contributed by atoms with van der Waals surface area (Å²) in [6.45, 7) is 6.21. The van der Waals surface area contributed by atoms with Crippen LogP contribution in [0.3, 0.4) is 0 Å². The first-order valence-corrected chi connectivity index (χ1v) is 12.0. The predicted octanol–water partition coefficient (Wildman–Crippen LogP) is 7.19. The lowest BCUT2D eigenvalue weighted by atomic mass is 9.99. The predicted molar refractivity (Wildman–Crippen MR) is 133 cm³/mol. The molecule has 3 nitrogen and oxygen atoms in total. The van der Waals surface area contributed by atoms with Crippen LogP contribution in [0.1, 0.15) is 56.0 Å². The van der Waals surface area contributed by atoms with Gasteiger partial charge in [-0.2, -0.15) is 0 Å². The number of nitrogens with zero attached hydrogens (tertiary/aromatic N) is 2. The summed E-state index contributed by atoms with van der Waals surface area (Å²) in [6.07, 6.45) is 5.23. The molecule has 0 spiro atoms. The van der Waals surface area contributed by atoms with Crippen LogP contribution in [0.5, 0.6) is 5.75 Å². The molecule has 0 aliphatic rings. The Kier molecular flexibility index (Phi) is 7.60. The van der Waals surface area contributed by atoms with Gasteiger partial charge in [-0.25, -0.2) is 4.98 Å². The molecule has 1 aromatic heterocycles. The lowest BCUT2D eigenvalue weighted by molar-refractivity contribution is 0.303. The Balaban J connectivity index is 1.32. The van der Waals surface area contributed by atoms with Crippen LogP contribution in [0.2, 0.25) is 0 Å². The highest BCUT2D eigenvalue weighted by Crippen LogP contribution is 2.22. The highest BCUT2D eigenvalue weighted by Gasteiger charge is 2.10. The van der Waals surface area contributed by atoms with Gasteiger partial charge in [0.25, 0.3) is 0 Å². The molecule has 166 valence electrons. The smallest absolute Gasteiger partial charge is 0.119 e. The average molecular weight is 427 g/mol. The molecule has 0 amide bonds. The van der Waals surface area contributed by atoms with Gasteiger partial charge in [-0.3, -0.25) is 0 Å². The van der Waals surface area contributed by atoms with Crippen molar-refractivity contribution in [2.24, 2.45) is 0 Å². The summed E-state index contributed by atoms with van der Waals surface area (Å²) in [6, 6.07) is 27.7. The van der Waals surface area contributed by atoms with Gasteiger partial charge < -0.3 is 9.30 Å². The largest absolute Gasteiger partial charge is 0.494 e. The van der Waals surface area contributed by atoms with E-state index in [0.717, 1.165) is 56.5 Å². The van der Waals surface area contributed by atoms with Crippen LogP contribution >= 0.6 is 0 Å². The van der Waals surface area contributed by atoms with Gasteiger partial charge >= 0.3 is 0 Å². The van der Waals surface area contributed by atoms with E-state index in [9.17, 15) is 0 Å². The molecule has 1 heterocycles. The summed E-state index contributed by atoms with van der Waals surface area (Å²) in [7, 11) is 0. The zero-order valence-corrected chi connectivity index (χ0v) is 19.3. The second-order valence-corrected chi connectivity index (χ2v) is 8.59. The number of aromatic nitrogens is 2. The van der Waals surface area contributed by atoms with E-state index < -0.39 is 0 Å². The third-order valence-electron chi connectivity index (χ3n) is 6.32. The zero-order valence-electron chi connectivity index (χ0n) is 19.3.